The third-order valence-electron chi connectivity index (χ3n) is 2.01. The summed E-state index contributed by atoms with van der Waals surface area (Å²) in [6.45, 7) is 5.33. The summed E-state index contributed by atoms with van der Waals surface area (Å²) in [6, 6.07) is 1.96. The predicted octanol–water partition coefficient (Wildman–Crippen LogP) is 1.33. The second kappa shape index (κ2) is 2.37. The van der Waals surface area contributed by atoms with Crippen LogP contribution in [0.3, 0.4) is 0 Å². The Morgan fingerprint density at radius 3 is 2.42 bits per heavy atom. The molecule has 12 heavy (non-hydrogen) atoms. The van der Waals surface area contributed by atoms with Crippen molar-refractivity contribution in [1.82, 2.24) is 0 Å². The van der Waals surface area contributed by atoms with E-state index in [9.17, 15) is 4.79 Å². The van der Waals surface area contributed by atoms with Gasteiger partial charge in [0.2, 0.25) is 0 Å². The van der Waals surface area contributed by atoms with Gasteiger partial charge in [-0.25, -0.2) is 0 Å². The molecule has 1 heterocycles. The number of ketones is 1. The lowest BCUT2D eigenvalue weighted by Crippen LogP contribution is -2.48. The molecule has 1 rings (SSSR count). The molecule has 0 radical (unpaired) electrons. The first-order valence-electron chi connectivity index (χ1n) is 3.77. The minimum atomic E-state index is -0.950. The van der Waals surface area contributed by atoms with Crippen LogP contribution in [0.15, 0.2) is 10.2 Å². The van der Waals surface area contributed by atoms with Crippen molar-refractivity contribution >= 4 is 5.78 Å². The number of Topliss-reactive ketones (excluding diaryl/α,β-unsaturated/α-hetero) is 1. The van der Waals surface area contributed by atoms with Gasteiger partial charge in [-0.15, -0.1) is 0 Å². The van der Waals surface area contributed by atoms with Crippen LogP contribution in [0.1, 0.15) is 20.8 Å². The van der Waals surface area contributed by atoms with Crippen molar-refractivity contribution in [3.63, 3.8) is 0 Å². The number of rotatable bonds is 2. The highest BCUT2D eigenvalue weighted by Crippen LogP contribution is 2.30. The maximum absolute atomic E-state index is 11.6. The molecule has 0 aliphatic carbocycles. The van der Waals surface area contributed by atoms with Gasteiger partial charge in [0.05, 0.1) is 12.6 Å². The van der Waals surface area contributed by atoms with Crippen LogP contribution in [0, 0.1) is 16.7 Å². The average Bonchev–Trinajstić information content (AvgIpc) is 1.99. The molecule has 0 aromatic carbocycles. The molecule has 4 heteroatoms. The Morgan fingerprint density at radius 2 is 2.17 bits per heavy atom. The van der Waals surface area contributed by atoms with E-state index in [0.717, 1.165) is 0 Å². The fourth-order valence-corrected chi connectivity index (χ4v) is 1.12. The van der Waals surface area contributed by atoms with E-state index >= 15 is 0 Å². The minimum Gasteiger partial charge on any atom is -0.295 e. The van der Waals surface area contributed by atoms with Crippen LogP contribution < -0.4 is 0 Å². The monoisotopic (exact) mass is 165 g/mol. The second-order valence-electron chi connectivity index (χ2n) is 3.74. The van der Waals surface area contributed by atoms with Crippen LogP contribution in [0.5, 0.6) is 0 Å². The van der Waals surface area contributed by atoms with Crippen LogP contribution in [-0.4, -0.2) is 17.9 Å². The zero-order valence-corrected chi connectivity index (χ0v) is 7.46. The third-order valence-corrected chi connectivity index (χ3v) is 2.01. The molecule has 0 saturated carbocycles. The molecular weight excluding hydrogens is 154 g/mol. The van der Waals surface area contributed by atoms with Crippen molar-refractivity contribution < 1.29 is 4.79 Å². The topological polar surface area (TPSA) is 65.6 Å². The summed E-state index contributed by atoms with van der Waals surface area (Å²) in [5.74, 6) is -0.146. The summed E-state index contributed by atoms with van der Waals surface area (Å²) in [6.07, 6.45) is 0. The van der Waals surface area contributed by atoms with Crippen LogP contribution in [0.25, 0.3) is 0 Å². The van der Waals surface area contributed by atoms with Crippen molar-refractivity contribution in [3.05, 3.63) is 0 Å². The Kier molecular flexibility index (Phi) is 1.75. The van der Waals surface area contributed by atoms with Crippen molar-refractivity contribution in [1.29, 1.82) is 5.26 Å². The van der Waals surface area contributed by atoms with Crippen molar-refractivity contribution in [3.8, 4) is 6.07 Å². The van der Waals surface area contributed by atoms with Gasteiger partial charge in [-0.3, -0.25) is 4.79 Å². The molecule has 0 bridgehead atoms. The van der Waals surface area contributed by atoms with Gasteiger partial charge in [0.1, 0.15) is 5.41 Å². The molecule has 1 aliphatic rings. The lowest BCUT2D eigenvalue weighted by atomic mass is 9.78. The van der Waals surface area contributed by atoms with E-state index in [2.05, 4.69) is 10.2 Å². The Hall–Kier alpha value is -1.24. The summed E-state index contributed by atoms with van der Waals surface area (Å²) in [5.41, 5.74) is -1.69. The molecule has 1 unspecified atom stereocenters. The Balaban J connectivity index is 2.87. The number of azo groups is 1. The molecule has 0 spiro atoms. The summed E-state index contributed by atoms with van der Waals surface area (Å²) < 4.78 is 0. The van der Waals surface area contributed by atoms with Gasteiger partial charge in [-0.2, -0.15) is 15.5 Å². The molecule has 1 atom stereocenters. The van der Waals surface area contributed by atoms with E-state index < -0.39 is 11.0 Å². The number of hydrogen-bond acceptors (Lipinski definition) is 4. The van der Waals surface area contributed by atoms with Gasteiger partial charge in [0.15, 0.2) is 11.3 Å². The van der Waals surface area contributed by atoms with Crippen LogP contribution >= 0.6 is 0 Å². The molecule has 0 fully saturated rings. The summed E-state index contributed by atoms with van der Waals surface area (Å²) in [7, 11) is 0. The Morgan fingerprint density at radius 1 is 1.67 bits per heavy atom. The number of nitrogens with zero attached hydrogens (tertiary/aromatic N) is 3. The van der Waals surface area contributed by atoms with Gasteiger partial charge in [0.25, 0.3) is 0 Å². The molecule has 0 saturated heterocycles. The quantitative estimate of drug-likeness (QED) is 0.619. The number of carbonyl (C=O) groups is 1. The summed E-state index contributed by atoms with van der Waals surface area (Å²) in [5, 5.41) is 16.1. The van der Waals surface area contributed by atoms with E-state index in [1.807, 2.05) is 6.07 Å². The third kappa shape index (κ3) is 1.11. The summed E-state index contributed by atoms with van der Waals surface area (Å²) >= 11 is 0. The molecule has 0 amide bonds. The SMILES string of the molecule is CC(C)(C#N)C(=O)C1(C)CN=N1. The zero-order valence-electron chi connectivity index (χ0n) is 7.46. The lowest BCUT2D eigenvalue weighted by molar-refractivity contribution is -0.130. The van der Waals surface area contributed by atoms with E-state index in [1.165, 1.54) is 0 Å². The van der Waals surface area contributed by atoms with Gasteiger partial charge in [0, 0.05) is 0 Å². The highest BCUT2D eigenvalue weighted by molar-refractivity contribution is 5.95. The zero-order chi connectivity index (χ0) is 9.41. The number of carbonyl (C=O) groups excluding carboxylic acids is 1. The Bertz CT molecular complexity index is 287. The van der Waals surface area contributed by atoms with Crippen molar-refractivity contribution in [2.45, 2.75) is 26.3 Å². The smallest absolute Gasteiger partial charge is 0.183 e. The predicted molar refractivity (Wildman–Crippen MR) is 42.5 cm³/mol. The van der Waals surface area contributed by atoms with Gasteiger partial charge in [-0.05, 0) is 20.8 Å². The molecule has 0 aromatic rings. The van der Waals surface area contributed by atoms with Gasteiger partial charge < -0.3 is 0 Å². The first-order valence-corrected chi connectivity index (χ1v) is 3.77. The van der Waals surface area contributed by atoms with Crippen molar-refractivity contribution in [2.75, 3.05) is 6.54 Å². The van der Waals surface area contributed by atoms with Crippen LogP contribution in [0.2, 0.25) is 0 Å². The maximum Gasteiger partial charge on any atom is 0.183 e. The second-order valence-corrected chi connectivity index (χ2v) is 3.74. The van der Waals surface area contributed by atoms with Gasteiger partial charge in [-0.1, -0.05) is 0 Å². The van der Waals surface area contributed by atoms with E-state index in [4.69, 9.17) is 5.26 Å². The Labute approximate surface area is 71.3 Å². The fraction of sp³-hybridized carbons (Fsp3) is 0.750. The first kappa shape index (κ1) is 8.85. The van der Waals surface area contributed by atoms with Crippen LogP contribution in [-0.2, 0) is 4.79 Å². The molecular formula is C8H11N3O. The standard InChI is InChI=1S/C8H11N3O/c1-7(2,4-9)6(12)8(3)5-10-11-8/h5H2,1-3H3. The molecule has 4 nitrogen and oxygen atoms in total. The van der Waals surface area contributed by atoms with E-state index in [1.54, 1.807) is 20.8 Å². The maximum atomic E-state index is 11.6. The minimum absolute atomic E-state index is 0.146. The summed E-state index contributed by atoms with van der Waals surface area (Å²) in [4.78, 5) is 11.6. The lowest BCUT2D eigenvalue weighted by Gasteiger charge is -2.30. The van der Waals surface area contributed by atoms with Crippen molar-refractivity contribution in [2.24, 2.45) is 15.6 Å². The van der Waals surface area contributed by atoms with Crippen LogP contribution in [0.4, 0.5) is 0 Å². The first-order chi connectivity index (χ1) is 5.42. The largest absolute Gasteiger partial charge is 0.295 e. The van der Waals surface area contributed by atoms with E-state index in [0.29, 0.717) is 6.54 Å². The fourth-order valence-electron chi connectivity index (χ4n) is 1.12. The van der Waals surface area contributed by atoms with E-state index in [-0.39, 0.29) is 5.78 Å². The number of nitriles is 1. The average molecular weight is 165 g/mol. The molecule has 1 aliphatic heterocycles. The molecule has 0 N–H and O–H groups in total. The normalized spacial score (nSPS) is 27.5. The number of hydrogen-bond donors (Lipinski definition) is 0. The molecule has 0 aromatic heterocycles. The molecule has 64 valence electrons. The highest BCUT2D eigenvalue weighted by Gasteiger charge is 2.46. The highest BCUT2D eigenvalue weighted by atomic mass is 16.1. The van der Waals surface area contributed by atoms with Gasteiger partial charge >= 0.3 is 0 Å².